The van der Waals surface area contributed by atoms with Crippen LogP contribution in [0.3, 0.4) is 0 Å². The van der Waals surface area contributed by atoms with Crippen molar-refractivity contribution in [1.82, 2.24) is 20.4 Å². The van der Waals surface area contributed by atoms with Crippen molar-refractivity contribution in [3.8, 4) is 11.8 Å². The molecule has 1 heterocycles. The number of hydrogen-bond donors (Lipinski definition) is 2. The first kappa shape index (κ1) is 28.5. The summed E-state index contributed by atoms with van der Waals surface area (Å²) >= 11 is 0. The molecule has 1 saturated heterocycles. The molecule has 2 N–H and O–H groups in total. The number of aldehydes is 1. The van der Waals surface area contributed by atoms with Gasteiger partial charge in [0.15, 0.2) is 0 Å². The van der Waals surface area contributed by atoms with E-state index in [0.717, 1.165) is 56.1 Å². The number of carbonyl (C=O) groups is 4. The predicted octanol–water partition coefficient (Wildman–Crippen LogP) is 1.48. The van der Waals surface area contributed by atoms with Gasteiger partial charge >= 0.3 is 0 Å². The number of ether oxygens (including phenoxy) is 1. The minimum Gasteiger partial charge on any atom is -0.379 e. The van der Waals surface area contributed by atoms with Gasteiger partial charge in [-0.3, -0.25) is 29.4 Å². The molecule has 200 valence electrons. The van der Waals surface area contributed by atoms with Gasteiger partial charge in [0.25, 0.3) is 0 Å². The molecule has 0 radical (unpaired) electrons. The van der Waals surface area contributed by atoms with Crippen LogP contribution in [0.5, 0.6) is 0 Å². The summed E-state index contributed by atoms with van der Waals surface area (Å²) in [4.78, 5) is 50.2. The van der Waals surface area contributed by atoms with E-state index < -0.39 is 6.04 Å². The number of hydrogen-bond acceptors (Lipinski definition) is 7. The van der Waals surface area contributed by atoms with Crippen molar-refractivity contribution >= 4 is 24.5 Å². The van der Waals surface area contributed by atoms with Crippen molar-refractivity contribution in [3.05, 3.63) is 34.9 Å². The normalized spacial score (nSPS) is 21.8. The molecular weight excluding hydrogens is 472 g/mol. The van der Waals surface area contributed by atoms with E-state index in [1.807, 2.05) is 18.0 Å². The molecule has 0 spiro atoms. The SMILES string of the molecule is CN(CCOCCC#Cc1cccc(C=O)c1CN(C)C1CCC(=O)NC1=O)C1CCC(NC=O)CC1. The van der Waals surface area contributed by atoms with E-state index in [-0.39, 0.29) is 11.8 Å². The fourth-order valence-corrected chi connectivity index (χ4v) is 5.02. The Morgan fingerprint density at radius 3 is 2.57 bits per heavy atom. The summed E-state index contributed by atoms with van der Waals surface area (Å²) in [5.74, 6) is 5.76. The van der Waals surface area contributed by atoms with Crippen LogP contribution in [0, 0.1) is 11.8 Å². The van der Waals surface area contributed by atoms with E-state index in [2.05, 4.69) is 34.4 Å². The van der Waals surface area contributed by atoms with E-state index in [1.54, 1.807) is 12.1 Å². The monoisotopic (exact) mass is 510 g/mol. The van der Waals surface area contributed by atoms with Crippen molar-refractivity contribution in [2.24, 2.45) is 0 Å². The Morgan fingerprint density at radius 2 is 1.86 bits per heavy atom. The first-order valence-corrected chi connectivity index (χ1v) is 13.0. The van der Waals surface area contributed by atoms with Gasteiger partial charge in [0.2, 0.25) is 18.2 Å². The maximum Gasteiger partial charge on any atom is 0.243 e. The molecule has 1 aromatic carbocycles. The highest BCUT2D eigenvalue weighted by Crippen LogP contribution is 2.22. The molecule has 2 fully saturated rings. The molecule has 3 amide bonds. The molecule has 0 bridgehead atoms. The number of imide groups is 1. The zero-order chi connectivity index (χ0) is 26.6. The van der Waals surface area contributed by atoms with Gasteiger partial charge < -0.3 is 15.0 Å². The Morgan fingerprint density at radius 1 is 1.08 bits per heavy atom. The Hall–Kier alpha value is -3.06. The average Bonchev–Trinajstić information content (AvgIpc) is 2.89. The molecule has 1 aliphatic carbocycles. The van der Waals surface area contributed by atoms with Crippen molar-refractivity contribution in [2.75, 3.05) is 33.9 Å². The van der Waals surface area contributed by atoms with Crippen molar-refractivity contribution in [3.63, 3.8) is 0 Å². The fourth-order valence-electron chi connectivity index (χ4n) is 5.02. The van der Waals surface area contributed by atoms with Gasteiger partial charge in [-0.15, -0.1) is 0 Å². The summed E-state index contributed by atoms with van der Waals surface area (Å²) < 4.78 is 5.79. The first-order valence-electron chi connectivity index (χ1n) is 13.0. The summed E-state index contributed by atoms with van der Waals surface area (Å²) in [6.45, 7) is 2.38. The van der Waals surface area contributed by atoms with Crippen LogP contribution in [-0.2, 0) is 25.7 Å². The summed E-state index contributed by atoms with van der Waals surface area (Å²) in [5, 5.41) is 5.26. The molecule has 1 aromatic rings. The number of piperidine rings is 1. The Balaban J connectivity index is 1.45. The third-order valence-corrected chi connectivity index (χ3v) is 7.30. The largest absolute Gasteiger partial charge is 0.379 e. The minimum atomic E-state index is -0.423. The number of nitrogens with zero attached hydrogens (tertiary/aromatic N) is 2. The average molecular weight is 511 g/mol. The zero-order valence-electron chi connectivity index (χ0n) is 21.8. The Kier molecular flexibility index (Phi) is 11.3. The van der Waals surface area contributed by atoms with Gasteiger partial charge in [0, 0.05) is 49.1 Å². The lowest BCUT2D eigenvalue weighted by Gasteiger charge is -2.34. The van der Waals surface area contributed by atoms with Gasteiger partial charge in [-0.05, 0) is 57.8 Å². The molecule has 1 aliphatic heterocycles. The zero-order valence-corrected chi connectivity index (χ0v) is 21.8. The lowest BCUT2D eigenvalue weighted by Crippen LogP contribution is -2.51. The van der Waals surface area contributed by atoms with Crippen LogP contribution in [0.1, 0.15) is 66.4 Å². The molecule has 1 atom stereocenters. The third-order valence-electron chi connectivity index (χ3n) is 7.30. The molecule has 37 heavy (non-hydrogen) atoms. The topological polar surface area (TPSA) is 108 Å². The van der Waals surface area contributed by atoms with Crippen LogP contribution in [0.25, 0.3) is 0 Å². The maximum atomic E-state index is 12.2. The number of benzene rings is 1. The quantitative estimate of drug-likeness (QED) is 0.190. The predicted molar refractivity (Wildman–Crippen MR) is 140 cm³/mol. The number of amides is 3. The summed E-state index contributed by atoms with van der Waals surface area (Å²) in [5.41, 5.74) is 2.07. The van der Waals surface area contributed by atoms with Crippen LogP contribution in [0.2, 0.25) is 0 Å². The molecule has 3 rings (SSSR count). The van der Waals surface area contributed by atoms with Crippen LogP contribution in [-0.4, -0.2) is 86.3 Å². The second kappa shape index (κ2) is 14.6. The highest BCUT2D eigenvalue weighted by Gasteiger charge is 2.30. The molecule has 1 saturated carbocycles. The fraction of sp³-hybridized carbons (Fsp3) is 0.571. The van der Waals surface area contributed by atoms with Crippen LogP contribution < -0.4 is 10.6 Å². The summed E-state index contributed by atoms with van der Waals surface area (Å²) in [6, 6.07) is 5.84. The highest BCUT2D eigenvalue weighted by molar-refractivity contribution is 6.00. The number of likely N-dealkylation sites (N-methyl/N-ethyl adjacent to an activating group) is 2. The summed E-state index contributed by atoms with van der Waals surface area (Å²) in [6.07, 6.45) is 7.12. The lowest BCUT2D eigenvalue weighted by atomic mass is 9.90. The molecule has 0 aromatic heterocycles. The van der Waals surface area contributed by atoms with Crippen molar-refractivity contribution < 1.29 is 23.9 Å². The van der Waals surface area contributed by atoms with E-state index >= 15 is 0 Å². The maximum absolute atomic E-state index is 12.2. The Bertz CT molecular complexity index is 1010. The van der Waals surface area contributed by atoms with E-state index in [4.69, 9.17) is 4.74 Å². The van der Waals surface area contributed by atoms with E-state index in [1.165, 1.54) is 0 Å². The van der Waals surface area contributed by atoms with Crippen molar-refractivity contribution in [1.29, 1.82) is 0 Å². The second-order valence-electron chi connectivity index (χ2n) is 9.81. The van der Waals surface area contributed by atoms with Gasteiger partial charge in [-0.1, -0.05) is 24.0 Å². The van der Waals surface area contributed by atoms with E-state index in [9.17, 15) is 19.2 Å². The standard InChI is InChI=1S/C28H38N4O5/c1-31(24-11-9-23(10-12-24)29-20-34)15-17-37-16-4-3-6-21-7-5-8-22(19-33)25(21)18-32(2)26-13-14-27(35)30-28(26)36/h5,7-8,19-20,23-24,26H,4,9-18H2,1-2H3,(H,29,34)(H,30,35,36). The second-order valence-corrected chi connectivity index (χ2v) is 9.81. The van der Waals surface area contributed by atoms with Gasteiger partial charge in [-0.25, -0.2) is 0 Å². The number of nitrogens with one attached hydrogen (secondary N) is 2. The first-order chi connectivity index (χ1) is 17.9. The molecule has 1 unspecified atom stereocenters. The van der Waals surface area contributed by atoms with Gasteiger partial charge in [-0.2, -0.15) is 0 Å². The van der Waals surface area contributed by atoms with Gasteiger partial charge in [0.05, 0.1) is 19.3 Å². The molecule has 9 heteroatoms. The minimum absolute atomic E-state index is 0.251. The lowest BCUT2D eigenvalue weighted by molar-refractivity contribution is -0.137. The Labute approximate surface area is 219 Å². The highest BCUT2D eigenvalue weighted by atomic mass is 16.5. The number of rotatable bonds is 12. The smallest absolute Gasteiger partial charge is 0.243 e. The number of carbonyl (C=O) groups excluding carboxylic acids is 4. The van der Waals surface area contributed by atoms with Crippen LogP contribution >= 0.6 is 0 Å². The third kappa shape index (κ3) is 8.49. The van der Waals surface area contributed by atoms with Gasteiger partial charge in [0.1, 0.15) is 6.29 Å². The van der Waals surface area contributed by atoms with Crippen molar-refractivity contribution in [2.45, 2.75) is 69.6 Å². The molecule has 2 aliphatic rings. The summed E-state index contributed by atoms with van der Waals surface area (Å²) in [7, 11) is 3.94. The molecular formula is C28H38N4O5. The van der Waals surface area contributed by atoms with Crippen LogP contribution in [0.15, 0.2) is 18.2 Å². The van der Waals surface area contributed by atoms with E-state index in [0.29, 0.717) is 56.7 Å². The molecule has 9 nitrogen and oxygen atoms in total. The van der Waals surface area contributed by atoms with Crippen LogP contribution in [0.4, 0.5) is 0 Å².